The standard InChI is InChI=1S/C24H31N3O3/c1-24(2,3)30-23(29)27-15-14-25-16-20(27)21(28)17-26-22(18-10-6-4-7-11-18)19-12-8-5-9-13-19/h4-13,20-21,25,28H,14-17H2,1-3H3/t20-,21+/m1/s1. The van der Waals surface area contributed by atoms with Crippen LogP contribution in [-0.2, 0) is 4.74 Å². The molecule has 2 aromatic rings. The van der Waals surface area contributed by atoms with E-state index in [0.29, 0.717) is 19.6 Å². The van der Waals surface area contributed by atoms with Crippen LogP contribution in [0.25, 0.3) is 0 Å². The van der Waals surface area contributed by atoms with Crippen molar-refractivity contribution in [2.75, 3.05) is 26.2 Å². The number of hydrogen-bond donors (Lipinski definition) is 2. The average molecular weight is 410 g/mol. The number of aliphatic imine (C=N–C) groups is 1. The zero-order chi connectivity index (χ0) is 21.6. The van der Waals surface area contributed by atoms with Crippen LogP contribution in [0.2, 0.25) is 0 Å². The van der Waals surface area contributed by atoms with Crippen LogP contribution in [0, 0.1) is 0 Å². The number of carbonyl (C=O) groups is 1. The van der Waals surface area contributed by atoms with Crippen LogP contribution in [0.4, 0.5) is 4.79 Å². The Balaban J connectivity index is 1.80. The number of aliphatic hydroxyl groups excluding tert-OH is 1. The fourth-order valence-corrected chi connectivity index (χ4v) is 3.46. The third-order valence-corrected chi connectivity index (χ3v) is 4.89. The number of nitrogens with one attached hydrogen (secondary N) is 1. The predicted octanol–water partition coefficient (Wildman–Crippen LogP) is 3.09. The molecule has 0 aromatic heterocycles. The molecule has 2 N–H and O–H groups in total. The molecule has 1 amide bonds. The fourth-order valence-electron chi connectivity index (χ4n) is 3.46. The van der Waals surface area contributed by atoms with Crippen molar-refractivity contribution in [1.29, 1.82) is 0 Å². The number of hydrogen-bond acceptors (Lipinski definition) is 5. The third-order valence-electron chi connectivity index (χ3n) is 4.89. The first-order chi connectivity index (χ1) is 14.3. The number of aliphatic hydroxyl groups is 1. The van der Waals surface area contributed by atoms with Crippen LogP contribution < -0.4 is 5.32 Å². The van der Waals surface area contributed by atoms with Crippen LogP contribution in [-0.4, -0.2) is 65.7 Å². The van der Waals surface area contributed by atoms with E-state index in [9.17, 15) is 9.90 Å². The Kier molecular flexibility index (Phi) is 7.24. The first kappa shape index (κ1) is 22.0. The van der Waals surface area contributed by atoms with Crippen LogP contribution in [0.1, 0.15) is 31.9 Å². The summed E-state index contributed by atoms with van der Waals surface area (Å²) in [4.78, 5) is 19.0. The third kappa shape index (κ3) is 5.90. The molecule has 160 valence electrons. The molecule has 1 saturated heterocycles. The minimum absolute atomic E-state index is 0.185. The molecule has 2 atom stereocenters. The summed E-state index contributed by atoms with van der Waals surface area (Å²) in [6.07, 6.45) is -1.21. The second-order valence-corrected chi connectivity index (χ2v) is 8.43. The van der Waals surface area contributed by atoms with Gasteiger partial charge in [-0.2, -0.15) is 0 Å². The number of ether oxygens (including phenoxy) is 1. The quantitative estimate of drug-likeness (QED) is 0.745. The SMILES string of the molecule is CC(C)(C)OC(=O)N1CCNC[C@@H]1[C@@H](O)CN=C(c1ccccc1)c1ccccc1. The maximum atomic E-state index is 12.6. The maximum absolute atomic E-state index is 12.6. The van der Waals surface area contributed by atoms with Gasteiger partial charge in [-0.1, -0.05) is 60.7 Å². The van der Waals surface area contributed by atoms with E-state index in [2.05, 4.69) is 5.32 Å². The van der Waals surface area contributed by atoms with Gasteiger partial charge in [-0.15, -0.1) is 0 Å². The lowest BCUT2D eigenvalue weighted by Crippen LogP contribution is -2.59. The molecule has 2 aromatic carbocycles. The highest BCUT2D eigenvalue weighted by Gasteiger charge is 2.34. The second-order valence-electron chi connectivity index (χ2n) is 8.43. The van der Waals surface area contributed by atoms with E-state index in [-0.39, 0.29) is 6.54 Å². The summed E-state index contributed by atoms with van der Waals surface area (Å²) < 4.78 is 5.53. The van der Waals surface area contributed by atoms with Crippen molar-refractivity contribution in [2.45, 2.75) is 38.5 Å². The number of carbonyl (C=O) groups excluding carboxylic acids is 1. The van der Waals surface area contributed by atoms with Crippen molar-refractivity contribution in [3.05, 3.63) is 71.8 Å². The van der Waals surface area contributed by atoms with Gasteiger partial charge in [-0.05, 0) is 20.8 Å². The van der Waals surface area contributed by atoms with Crippen LogP contribution in [0.3, 0.4) is 0 Å². The summed E-state index contributed by atoms with van der Waals surface area (Å²) in [6.45, 7) is 7.38. The highest BCUT2D eigenvalue weighted by molar-refractivity contribution is 6.12. The Morgan fingerprint density at radius 1 is 1.13 bits per heavy atom. The van der Waals surface area contributed by atoms with Gasteiger partial charge in [0.05, 0.1) is 24.4 Å². The molecule has 0 spiro atoms. The summed E-state index contributed by atoms with van der Waals surface area (Å²) >= 11 is 0. The van der Waals surface area contributed by atoms with Gasteiger partial charge in [0.15, 0.2) is 0 Å². The van der Waals surface area contributed by atoms with E-state index in [4.69, 9.17) is 9.73 Å². The molecular weight excluding hydrogens is 378 g/mol. The van der Waals surface area contributed by atoms with Crippen LogP contribution >= 0.6 is 0 Å². The zero-order valence-electron chi connectivity index (χ0n) is 17.9. The molecule has 1 aliphatic rings. The van der Waals surface area contributed by atoms with Crippen molar-refractivity contribution < 1.29 is 14.6 Å². The van der Waals surface area contributed by atoms with Gasteiger partial charge in [-0.3, -0.25) is 9.89 Å². The predicted molar refractivity (Wildman–Crippen MR) is 119 cm³/mol. The number of rotatable bonds is 5. The molecule has 1 aliphatic heterocycles. The van der Waals surface area contributed by atoms with Gasteiger partial charge >= 0.3 is 6.09 Å². The topological polar surface area (TPSA) is 74.2 Å². The number of amides is 1. The summed E-state index contributed by atoms with van der Waals surface area (Å²) in [7, 11) is 0. The first-order valence-electron chi connectivity index (χ1n) is 10.4. The first-order valence-corrected chi connectivity index (χ1v) is 10.4. The fraction of sp³-hybridized carbons (Fsp3) is 0.417. The van der Waals surface area contributed by atoms with Crippen LogP contribution in [0.15, 0.2) is 65.7 Å². The highest BCUT2D eigenvalue weighted by Crippen LogP contribution is 2.17. The summed E-state index contributed by atoms with van der Waals surface area (Å²) in [6, 6.07) is 19.4. The van der Waals surface area contributed by atoms with Crippen molar-refractivity contribution in [1.82, 2.24) is 10.2 Å². The maximum Gasteiger partial charge on any atom is 0.410 e. The molecule has 0 bridgehead atoms. The normalized spacial score (nSPS) is 17.9. The zero-order valence-corrected chi connectivity index (χ0v) is 17.9. The van der Waals surface area contributed by atoms with E-state index in [0.717, 1.165) is 16.8 Å². The lowest BCUT2D eigenvalue weighted by Gasteiger charge is -2.39. The molecule has 6 heteroatoms. The smallest absolute Gasteiger partial charge is 0.410 e. The second kappa shape index (κ2) is 9.87. The van der Waals surface area contributed by atoms with E-state index in [1.165, 1.54) is 0 Å². The van der Waals surface area contributed by atoms with Gasteiger partial charge in [0.25, 0.3) is 0 Å². The molecule has 0 radical (unpaired) electrons. The molecule has 0 aliphatic carbocycles. The van der Waals surface area contributed by atoms with Gasteiger partial charge in [0, 0.05) is 30.8 Å². The Labute approximate surface area is 178 Å². The Morgan fingerprint density at radius 2 is 1.70 bits per heavy atom. The number of benzene rings is 2. The average Bonchev–Trinajstić information content (AvgIpc) is 2.74. The van der Waals surface area contributed by atoms with Crippen molar-refractivity contribution in [3.8, 4) is 0 Å². The molecule has 3 rings (SSSR count). The van der Waals surface area contributed by atoms with Gasteiger partial charge in [0.2, 0.25) is 0 Å². The van der Waals surface area contributed by atoms with Crippen LogP contribution in [0.5, 0.6) is 0 Å². The lowest BCUT2D eigenvalue weighted by molar-refractivity contribution is -0.0102. The molecule has 0 saturated carbocycles. The molecule has 1 heterocycles. The van der Waals surface area contributed by atoms with E-state index >= 15 is 0 Å². The van der Waals surface area contributed by atoms with E-state index < -0.39 is 23.8 Å². The number of nitrogens with zero attached hydrogens (tertiary/aromatic N) is 2. The summed E-state index contributed by atoms with van der Waals surface area (Å²) in [5.74, 6) is 0. The van der Waals surface area contributed by atoms with Gasteiger partial charge in [0.1, 0.15) is 5.60 Å². The number of piperazine rings is 1. The molecular formula is C24H31N3O3. The van der Waals surface area contributed by atoms with E-state index in [1.54, 1.807) is 4.90 Å². The summed E-state index contributed by atoms with van der Waals surface area (Å²) in [5, 5.41) is 14.2. The Bertz CT molecular complexity index is 806. The van der Waals surface area contributed by atoms with Crippen molar-refractivity contribution in [2.24, 2.45) is 4.99 Å². The molecule has 1 fully saturated rings. The molecule has 30 heavy (non-hydrogen) atoms. The molecule has 6 nitrogen and oxygen atoms in total. The lowest BCUT2D eigenvalue weighted by atomic mass is 10.0. The monoisotopic (exact) mass is 409 g/mol. The van der Waals surface area contributed by atoms with E-state index in [1.807, 2.05) is 81.4 Å². The largest absolute Gasteiger partial charge is 0.444 e. The van der Waals surface area contributed by atoms with Gasteiger partial charge in [-0.25, -0.2) is 4.79 Å². The Hall–Kier alpha value is -2.70. The van der Waals surface area contributed by atoms with Crippen molar-refractivity contribution in [3.63, 3.8) is 0 Å². The minimum Gasteiger partial charge on any atom is -0.444 e. The Morgan fingerprint density at radius 3 is 2.23 bits per heavy atom. The minimum atomic E-state index is -0.812. The molecule has 0 unspecified atom stereocenters. The highest BCUT2D eigenvalue weighted by atomic mass is 16.6. The van der Waals surface area contributed by atoms with Gasteiger partial charge < -0.3 is 15.2 Å². The van der Waals surface area contributed by atoms with Crippen molar-refractivity contribution >= 4 is 11.8 Å². The summed E-state index contributed by atoms with van der Waals surface area (Å²) in [5.41, 5.74) is 2.22.